The predicted molar refractivity (Wildman–Crippen MR) is 87.0 cm³/mol. The number of hydrogen-bond donors (Lipinski definition) is 2. The first-order valence-corrected chi connectivity index (χ1v) is 7.65. The number of amides is 2. The second kappa shape index (κ2) is 5.72. The van der Waals surface area contributed by atoms with Gasteiger partial charge in [-0.25, -0.2) is 9.78 Å². The SMILES string of the molecule is O=C(NCC1CC1)Nc1ccc2nc(-c3ccccn3)oc2c1. The number of rotatable bonds is 4. The minimum Gasteiger partial charge on any atom is -0.435 e. The summed E-state index contributed by atoms with van der Waals surface area (Å²) in [6, 6.07) is 10.8. The Balaban J connectivity index is 1.52. The zero-order valence-electron chi connectivity index (χ0n) is 12.5. The van der Waals surface area contributed by atoms with Crippen LogP contribution in [0.15, 0.2) is 47.0 Å². The van der Waals surface area contributed by atoms with Crippen molar-refractivity contribution in [2.45, 2.75) is 12.8 Å². The molecule has 2 amide bonds. The number of benzene rings is 1. The third-order valence-electron chi connectivity index (χ3n) is 3.78. The average molecular weight is 308 g/mol. The van der Waals surface area contributed by atoms with Crippen LogP contribution in [0.4, 0.5) is 10.5 Å². The molecule has 2 aromatic heterocycles. The molecule has 1 aliphatic rings. The number of urea groups is 1. The topological polar surface area (TPSA) is 80.0 Å². The molecule has 0 atom stereocenters. The maximum Gasteiger partial charge on any atom is 0.319 e. The molecule has 1 fully saturated rings. The molecule has 0 saturated heterocycles. The molecule has 0 radical (unpaired) electrons. The van der Waals surface area contributed by atoms with Gasteiger partial charge in [0.15, 0.2) is 5.58 Å². The average Bonchev–Trinajstić information content (AvgIpc) is 3.31. The standard InChI is InChI=1S/C17H16N4O2/c22-17(19-10-11-4-5-11)20-12-6-7-13-15(9-12)23-16(21-13)14-3-1-2-8-18-14/h1-3,6-9,11H,4-5,10H2,(H2,19,20,22). The van der Waals surface area contributed by atoms with Gasteiger partial charge in [0.05, 0.1) is 0 Å². The Kier molecular flexibility index (Phi) is 3.42. The number of pyridine rings is 1. The van der Waals surface area contributed by atoms with E-state index in [1.807, 2.05) is 30.3 Å². The summed E-state index contributed by atoms with van der Waals surface area (Å²) in [6.07, 6.45) is 4.11. The highest BCUT2D eigenvalue weighted by Gasteiger charge is 2.21. The molecule has 116 valence electrons. The van der Waals surface area contributed by atoms with Crippen LogP contribution in [-0.4, -0.2) is 22.5 Å². The molecule has 0 spiro atoms. The van der Waals surface area contributed by atoms with Crippen LogP contribution in [0, 0.1) is 5.92 Å². The van der Waals surface area contributed by atoms with Crippen molar-refractivity contribution in [3.05, 3.63) is 42.6 Å². The Morgan fingerprint density at radius 2 is 2.17 bits per heavy atom. The van der Waals surface area contributed by atoms with Gasteiger partial charge in [0.1, 0.15) is 11.2 Å². The van der Waals surface area contributed by atoms with Gasteiger partial charge in [-0.1, -0.05) is 6.07 Å². The third-order valence-corrected chi connectivity index (χ3v) is 3.78. The van der Waals surface area contributed by atoms with Gasteiger partial charge in [-0.2, -0.15) is 0 Å². The molecule has 0 bridgehead atoms. The van der Waals surface area contributed by atoms with Gasteiger partial charge in [-0.3, -0.25) is 4.98 Å². The number of hydrogen-bond acceptors (Lipinski definition) is 4. The fourth-order valence-corrected chi connectivity index (χ4v) is 2.34. The zero-order valence-corrected chi connectivity index (χ0v) is 12.5. The normalized spacial score (nSPS) is 13.9. The van der Waals surface area contributed by atoms with E-state index in [-0.39, 0.29) is 6.03 Å². The summed E-state index contributed by atoms with van der Waals surface area (Å²) >= 11 is 0. The van der Waals surface area contributed by atoms with Crippen molar-refractivity contribution in [1.82, 2.24) is 15.3 Å². The van der Waals surface area contributed by atoms with Gasteiger partial charge in [0.25, 0.3) is 0 Å². The van der Waals surface area contributed by atoms with E-state index in [2.05, 4.69) is 20.6 Å². The summed E-state index contributed by atoms with van der Waals surface area (Å²) < 4.78 is 5.74. The Labute approximate surface area is 132 Å². The fraction of sp³-hybridized carbons (Fsp3) is 0.235. The quantitative estimate of drug-likeness (QED) is 0.774. The number of nitrogens with zero attached hydrogens (tertiary/aromatic N) is 2. The second-order valence-corrected chi connectivity index (χ2v) is 5.69. The van der Waals surface area contributed by atoms with Gasteiger partial charge in [0.2, 0.25) is 5.89 Å². The molecule has 1 aromatic carbocycles. The van der Waals surface area contributed by atoms with Gasteiger partial charge < -0.3 is 15.1 Å². The molecule has 3 aromatic rings. The van der Waals surface area contributed by atoms with Gasteiger partial charge >= 0.3 is 6.03 Å². The Morgan fingerprint density at radius 1 is 1.26 bits per heavy atom. The van der Waals surface area contributed by atoms with Gasteiger partial charge in [-0.05, 0) is 43.0 Å². The van der Waals surface area contributed by atoms with E-state index in [0.29, 0.717) is 28.8 Å². The van der Waals surface area contributed by atoms with Crippen molar-refractivity contribution in [3.8, 4) is 11.6 Å². The summed E-state index contributed by atoms with van der Waals surface area (Å²) in [5, 5.41) is 5.68. The lowest BCUT2D eigenvalue weighted by molar-refractivity contribution is 0.251. The van der Waals surface area contributed by atoms with Crippen LogP contribution < -0.4 is 10.6 Å². The van der Waals surface area contributed by atoms with E-state index in [1.165, 1.54) is 12.8 Å². The lowest BCUT2D eigenvalue weighted by atomic mass is 10.3. The van der Waals surface area contributed by atoms with Crippen LogP contribution in [0.25, 0.3) is 22.7 Å². The Bertz CT molecular complexity index is 840. The summed E-state index contributed by atoms with van der Waals surface area (Å²) in [7, 11) is 0. The van der Waals surface area contributed by atoms with Crippen LogP contribution >= 0.6 is 0 Å². The minimum absolute atomic E-state index is 0.194. The number of carbonyl (C=O) groups is 1. The lowest BCUT2D eigenvalue weighted by Crippen LogP contribution is -2.30. The first-order valence-electron chi connectivity index (χ1n) is 7.65. The lowest BCUT2D eigenvalue weighted by Gasteiger charge is -2.06. The number of carbonyl (C=O) groups excluding carboxylic acids is 1. The van der Waals surface area contributed by atoms with Crippen molar-refractivity contribution >= 4 is 22.8 Å². The summed E-state index contributed by atoms with van der Waals surface area (Å²) in [5.74, 6) is 1.12. The molecular formula is C17H16N4O2. The molecule has 2 heterocycles. The van der Waals surface area contributed by atoms with Gasteiger partial charge in [-0.15, -0.1) is 0 Å². The van der Waals surface area contributed by atoms with E-state index in [0.717, 1.165) is 12.1 Å². The molecule has 23 heavy (non-hydrogen) atoms. The maximum atomic E-state index is 11.8. The van der Waals surface area contributed by atoms with Crippen LogP contribution in [-0.2, 0) is 0 Å². The second-order valence-electron chi connectivity index (χ2n) is 5.69. The Hall–Kier alpha value is -2.89. The number of nitrogens with one attached hydrogen (secondary N) is 2. The van der Waals surface area contributed by atoms with Crippen molar-refractivity contribution in [2.75, 3.05) is 11.9 Å². The minimum atomic E-state index is -0.194. The predicted octanol–water partition coefficient (Wildman–Crippen LogP) is 3.42. The molecule has 1 saturated carbocycles. The van der Waals surface area contributed by atoms with E-state index in [1.54, 1.807) is 12.3 Å². The summed E-state index contributed by atoms with van der Waals surface area (Å²) in [6.45, 7) is 0.736. The Morgan fingerprint density at radius 3 is 2.96 bits per heavy atom. The van der Waals surface area contributed by atoms with E-state index in [9.17, 15) is 4.79 Å². The highest BCUT2D eigenvalue weighted by molar-refractivity contribution is 5.91. The third kappa shape index (κ3) is 3.15. The van der Waals surface area contributed by atoms with E-state index in [4.69, 9.17) is 4.42 Å². The van der Waals surface area contributed by atoms with Crippen LogP contribution in [0.1, 0.15) is 12.8 Å². The fourth-order valence-electron chi connectivity index (χ4n) is 2.34. The van der Waals surface area contributed by atoms with Crippen LogP contribution in [0.3, 0.4) is 0 Å². The monoisotopic (exact) mass is 308 g/mol. The highest BCUT2D eigenvalue weighted by Crippen LogP contribution is 2.28. The molecule has 2 N–H and O–H groups in total. The van der Waals surface area contributed by atoms with Crippen LogP contribution in [0.2, 0.25) is 0 Å². The number of anilines is 1. The first-order chi connectivity index (χ1) is 11.3. The number of aromatic nitrogens is 2. The molecule has 0 aliphatic heterocycles. The largest absolute Gasteiger partial charge is 0.435 e. The number of oxazole rings is 1. The first kappa shape index (κ1) is 13.8. The maximum absolute atomic E-state index is 11.8. The molecule has 0 unspecified atom stereocenters. The molecule has 6 nitrogen and oxygen atoms in total. The van der Waals surface area contributed by atoms with Crippen molar-refractivity contribution in [2.24, 2.45) is 5.92 Å². The molecular weight excluding hydrogens is 292 g/mol. The van der Waals surface area contributed by atoms with Crippen molar-refractivity contribution in [3.63, 3.8) is 0 Å². The van der Waals surface area contributed by atoms with Crippen molar-refractivity contribution < 1.29 is 9.21 Å². The molecule has 6 heteroatoms. The summed E-state index contributed by atoms with van der Waals surface area (Å²) in [5.41, 5.74) is 2.70. The molecule has 1 aliphatic carbocycles. The zero-order chi connectivity index (χ0) is 15.6. The smallest absolute Gasteiger partial charge is 0.319 e. The van der Waals surface area contributed by atoms with E-state index < -0.39 is 0 Å². The summed E-state index contributed by atoms with van der Waals surface area (Å²) in [4.78, 5) is 20.5. The van der Waals surface area contributed by atoms with Crippen LogP contribution in [0.5, 0.6) is 0 Å². The van der Waals surface area contributed by atoms with Crippen molar-refractivity contribution in [1.29, 1.82) is 0 Å². The molecule has 4 rings (SSSR count). The highest BCUT2D eigenvalue weighted by atomic mass is 16.3. The van der Waals surface area contributed by atoms with Gasteiger partial charge in [0, 0.05) is 24.5 Å². The van der Waals surface area contributed by atoms with E-state index >= 15 is 0 Å². The number of fused-ring (bicyclic) bond motifs is 1.